The average molecular weight is 326 g/mol. The van der Waals surface area contributed by atoms with E-state index in [4.69, 9.17) is 5.11 Å². The van der Waals surface area contributed by atoms with Gasteiger partial charge in [-0.25, -0.2) is 5.56 Å². The van der Waals surface area contributed by atoms with E-state index in [0.717, 1.165) is 6.29 Å². The normalized spacial score (nSPS) is 8.15. The second-order valence-corrected chi connectivity index (χ2v) is 2.38. The van der Waals surface area contributed by atoms with Gasteiger partial charge in [0.2, 0.25) is 0 Å². The van der Waals surface area contributed by atoms with Gasteiger partial charge < -0.3 is 22.0 Å². The number of rotatable bonds is 1. The molecule has 0 aliphatic heterocycles. The SMILES string of the molecule is Cc1[c-]c(O)[c-]c(C)c1C=O.[Y].[Y]. The van der Waals surface area contributed by atoms with Crippen LogP contribution in [0.1, 0.15) is 21.5 Å². The van der Waals surface area contributed by atoms with Gasteiger partial charge in [0.1, 0.15) is 0 Å². The Balaban J connectivity index is 0. The molecule has 1 aromatic rings. The van der Waals surface area contributed by atoms with E-state index in [1.165, 1.54) is 0 Å². The molecule has 1 N–H and O–H groups in total. The van der Waals surface area contributed by atoms with Crippen molar-refractivity contribution in [3.05, 3.63) is 28.8 Å². The van der Waals surface area contributed by atoms with E-state index in [0.29, 0.717) is 16.7 Å². The van der Waals surface area contributed by atoms with Gasteiger partial charge in [-0.05, 0) is 0 Å². The summed E-state index contributed by atoms with van der Waals surface area (Å²) in [7, 11) is 0. The van der Waals surface area contributed by atoms with Crippen LogP contribution < -0.4 is 0 Å². The predicted octanol–water partition coefficient (Wildman–Crippen LogP) is 1.42. The van der Waals surface area contributed by atoms with Gasteiger partial charge in [-0.1, -0.05) is 13.8 Å². The van der Waals surface area contributed by atoms with Gasteiger partial charge in [-0.15, -0.1) is 5.75 Å². The number of phenols is 1. The number of hydrogen-bond donors (Lipinski definition) is 1. The minimum atomic E-state index is -0.0365. The molecular weight excluding hydrogens is 318 g/mol. The Bertz CT molecular complexity index is 275. The molecule has 0 aliphatic rings. The largest absolute Gasteiger partial charge is 0.559 e. The Morgan fingerprint density at radius 1 is 1.15 bits per heavy atom. The maximum Gasteiger partial charge on any atom is 0.0419 e. The van der Waals surface area contributed by atoms with Crippen molar-refractivity contribution in [1.29, 1.82) is 0 Å². The molecule has 0 unspecified atom stereocenters. The van der Waals surface area contributed by atoms with E-state index in [2.05, 4.69) is 12.1 Å². The van der Waals surface area contributed by atoms with Crippen LogP contribution in [0.3, 0.4) is 0 Å². The fourth-order valence-electron chi connectivity index (χ4n) is 0.979. The van der Waals surface area contributed by atoms with Crippen LogP contribution in [-0.2, 0) is 65.4 Å². The van der Waals surface area contributed by atoms with Crippen molar-refractivity contribution in [3.63, 3.8) is 0 Å². The number of benzene rings is 1. The maximum atomic E-state index is 10.4. The summed E-state index contributed by atoms with van der Waals surface area (Å²) in [5.74, 6) is -0.0365. The average Bonchev–Trinajstić information content (AvgIpc) is 1.85. The number of aromatic hydroxyl groups is 1. The van der Waals surface area contributed by atoms with Crippen LogP contribution >= 0.6 is 0 Å². The van der Waals surface area contributed by atoms with E-state index in [1.54, 1.807) is 13.8 Å². The molecule has 0 aliphatic carbocycles. The number of phenolic OH excluding ortho intramolecular Hbond substituents is 1. The van der Waals surface area contributed by atoms with Crippen LogP contribution in [0.4, 0.5) is 0 Å². The summed E-state index contributed by atoms with van der Waals surface area (Å²) in [5, 5.41) is 8.99. The van der Waals surface area contributed by atoms with Gasteiger partial charge in [0.15, 0.2) is 0 Å². The Morgan fingerprint density at radius 3 is 1.85 bits per heavy atom. The molecule has 0 amide bonds. The Morgan fingerprint density at radius 2 is 1.54 bits per heavy atom. The summed E-state index contributed by atoms with van der Waals surface area (Å²) >= 11 is 0. The molecule has 0 saturated carbocycles. The molecule has 0 spiro atoms. The summed E-state index contributed by atoms with van der Waals surface area (Å²) in [4.78, 5) is 10.4. The Labute approximate surface area is 128 Å². The smallest absolute Gasteiger partial charge is 0.0419 e. The number of hydrogen-bond acceptors (Lipinski definition) is 2. The topological polar surface area (TPSA) is 37.3 Å². The molecule has 13 heavy (non-hydrogen) atoms. The van der Waals surface area contributed by atoms with Gasteiger partial charge in [0.25, 0.3) is 0 Å². The molecule has 64 valence electrons. The van der Waals surface area contributed by atoms with Crippen LogP contribution in [-0.4, -0.2) is 11.4 Å². The van der Waals surface area contributed by atoms with E-state index < -0.39 is 0 Å². The van der Waals surface area contributed by atoms with Gasteiger partial charge in [0, 0.05) is 71.7 Å². The van der Waals surface area contributed by atoms with E-state index >= 15 is 0 Å². The fraction of sp³-hybridized carbons (Fsp3) is 0.222. The molecule has 0 heterocycles. The number of aldehydes is 1. The van der Waals surface area contributed by atoms with Crippen molar-refractivity contribution in [2.45, 2.75) is 13.8 Å². The summed E-state index contributed by atoms with van der Waals surface area (Å²) < 4.78 is 0. The minimum Gasteiger partial charge on any atom is -0.559 e. The summed E-state index contributed by atoms with van der Waals surface area (Å²) in [5.41, 5.74) is 1.88. The van der Waals surface area contributed by atoms with Gasteiger partial charge in [-0.2, -0.15) is 0 Å². The quantitative estimate of drug-likeness (QED) is 0.626. The molecular formula is C9H8O2Y2-2. The number of aryl methyl sites for hydroxylation is 2. The first kappa shape index (κ1) is 16.3. The van der Waals surface area contributed by atoms with E-state index in [9.17, 15) is 4.79 Å². The summed E-state index contributed by atoms with van der Waals surface area (Å²) in [6, 6.07) is 5.20. The van der Waals surface area contributed by atoms with Crippen molar-refractivity contribution in [2.24, 2.45) is 0 Å². The zero-order chi connectivity index (χ0) is 8.43. The molecule has 0 saturated heterocycles. The van der Waals surface area contributed by atoms with Crippen LogP contribution in [0.5, 0.6) is 5.75 Å². The second-order valence-electron chi connectivity index (χ2n) is 2.38. The predicted molar refractivity (Wildman–Crippen MR) is 40.6 cm³/mol. The number of carbonyl (C=O) groups excluding carboxylic acids is 1. The Hall–Kier alpha value is 0.898. The van der Waals surface area contributed by atoms with Crippen molar-refractivity contribution in [1.82, 2.24) is 0 Å². The molecule has 1 aromatic carbocycles. The third-order valence-corrected chi connectivity index (χ3v) is 1.54. The molecule has 0 aromatic heterocycles. The van der Waals surface area contributed by atoms with Crippen LogP contribution in [0.15, 0.2) is 0 Å². The van der Waals surface area contributed by atoms with Gasteiger partial charge in [0.05, 0.1) is 0 Å². The third kappa shape index (κ3) is 4.29. The minimum absolute atomic E-state index is 0. The monoisotopic (exact) mass is 326 g/mol. The zero-order valence-electron chi connectivity index (χ0n) is 7.59. The standard InChI is InChI=1S/C9H8O2.2Y/c1-6-3-8(11)4-7(2)9(6)5-10;;/h5,11H,1-2H3;;/q-2;;. The van der Waals surface area contributed by atoms with Crippen LogP contribution in [0, 0.1) is 26.0 Å². The summed E-state index contributed by atoms with van der Waals surface area (Å²) in [6.07, 6.45) is 0.747. The molecule has 0 fully saturated rings. The second kappa shape index (κ2) is 7.22. The van der Waals surface area contributed by atoms with E-state index in [-0.39, 0.29) is 71.2 Å². The van der Waals surface area contributed by atoms with E-state index in [1.807, 2.05) is 0 Å². The first-order valence-electron chi connectivity index (χ1n) is 3.25. The van der Waals surface area contributed by atoms with Crippen molar-refractivity contribution < 1.29 is 75.3 Å². The zero-order valence-corrected chi connectivity index (χ0v) is 13.3. The van der Waals surface area contributed by atoms with Crippen molar-refractivity contribution in [3.8, 4) is 5.75 Å². The maximum absolute atomic E-state index is 10.4. The molecule has 2 radical (unpaired) electrons. The van der Waals surface area contributed by atoms with Crippen LogP contribution in [0.2, 0.25) is 0 Å². The van der Waals surface area contributed by atoms with Gasteiger partial charge in [-0.3, -0.25) is 11.1 Å². The number of carbonyl (C=O) groups is 1. The van der Waals surface area contributed by atoms with Gasteiger partial charge >= 0.3 is 0 Å². The van der Waals surface area contributed by atoms with Crippen LogP contribution in [0.25, 0.3) is 0 Å². The first-order valence-corrected chi connectivity index (χ1v) is 3.25. The third-order valence-electron chi connectivity index (χ3n) is 1.54. The molecule has 4 heteroatoms. The van der Waals surface area contributed by atoms with Crippen molar-refractivity contribution in [2.75, 3.05) is 0 Å². The van der Waals surface area contributed by atoms with Crippen molar-refractivity contribution >= 4 is 6.29 Å². The Kier molecular flexibility index (Phi) is 9.08. The summed E-state index contributed by atoms with van der Waals surface area (Å²) in [6.45, 7) is 3.45. The molecule has 0 atom stereocenters. The molecule has 1 rings (SSSR count). The fourth-order valence-corrected chi connectivity index (χ4v) is 0.979. The molecule has 0 bridgehead atoms. The molecule has 2 nitrogen and oxygen atoms in total. The first-order chi connectivity index (χ1) is 5.15.